The quantitative estimate of drug-likeness (QED) is 0.216. The smallest absolute Gasteiger partial charge is 0.139 e. The van der Waals surface area contributed by atoms with Gasteiger partial charge in [0, 0.05) is 24.2 Å². The third kappa shape index (κ3) is 12.0. The first kappa shape index (κ1) is 31.3. The monoisotopic (exact) mass is 464 g/mol. The Morgan fingerprint density at radius 1 is 1.15 bits per heavy atom. The SMILES string of the molecule is C=C/C(C)=C\C=C(\C#N)CCC.CC/C=C\c1c(C)ncnc1N(C)C(CC)CCC(C)CC. The highest BCUT2D eigenvalue weighted by Crippen LogP contribution is 2.25. The second-order valence-electron chi connectivity index (χ2n) is 8.94. The van der Waals surface area contributed by atoms with Gasteiger partial charge in [-0.25, -0.2) is 9.97 Å². The number of nitrogens with zero attached hydrogens (tertiary/aromatic N) is 4. The molecule has 0 radical (unpaired) electrons. The van der Waals surface area contributed by atoms with E-state index in [9.17, 15) is 0 Å². The molecule has 0 N–H and O–H groups in total. The molecular weight excluding hydrogens is 416 g/mol. The molecule has 2 unspecified atom stereocenters. The molecule has 34 heavy (non-hydrogen) atoms. The van der Waals surface area contributed by atoms with Crippen molar-refractivity contribution in [3.05, 3.63) is 59.6 Å². The lowest BCUT2D eigenvalue weighted by Gasteiger charge is -2.30. The van der Waals surface area contributed by atoms with Gasteiger partial charge in [-0.1, -0.05) is 83.9 Å². The van der Waals surface area contributed by atoms with Crippen LogP contribution in [0.25, 0.3) is 6.08 Å². The molecular formula is C30H48N4. The van der Waals surface area contributed by atoms with Crippen LogP contribution in [0.15, 0.2) is 48.4 Å². The number of hydrogen-bond acceptors (Lipinski definition) is 4. The summed E-state index contributed by atoms with van der Waals surface area (Å²) >= 11 is 0. The van der Waals surface area contributed by atoms with Crippen molar-refractivity contribution in [1.29, 1.82) is 5.26 Å². The van der Waals surface area contributed by atoms with E-state index in [0.29, 0.717) is 6.04 Å². The van der Waals surface area contributed by atoms with Gasteiger partial charge in [-0.2, -0.15) is 5.26 Å². The molecule has 1 rings (SSSR count). The van der Waals surface area contributed by atoms with E-state index in [1.54, 1.807) is 12.4 Å². The summed E-state index contributed by atoms with van der Waals surface area (Å²) in [6.07, 6.45) is 19.4. The van der Waals surface area contributed by atoms with E-state index in [2.05, 4.69) is 88.3 Å². The summed E-state index contributed by atoms with van der Waals surface area (Å²) in [7, 11) is 2.18. The minimum absolute atomic E-state index is 0.539. The molecule has 1 aromatic heterocycles. The van der Waals surface area contributed by atoms with Gasteiger partial charge in [0.2, 0.25) is 0 Å². The maximum absolute atomic E-state index is 8.67. The average Bonchev–Trinajstić information content (AvgIpc) is 2.85. The van der Waals surface area contributed by atoms with Gasteiger partial charge < -0.3 is 4.90 Å². The van der Waals surface area contributed by atoms with Crippen molar-refractivity contribution in [1.82, 2.24) is 9.97 Å². The number of aromatic nitrogens is 2. The number of hydrogen-bond donors (Lipinski definition) is 0. The van der Waals surface area contributed by atoms with Crippen LogP contribution in [-0.4, -0.2) is 23.1 Å². The zero-order chi connectivity index (χ0) is 25.9. The normalized spacial score (nSPS) is 13.6. The summed E-state index contributed by atoms with van der Waals surface area (Å²) in [4.78, 5) is 11.3. The molecule has 0 spiro atoms. The molecule has 0 saturated carbocycles. The first-order valence-corrected chi connectivity index (χ1v) is 12.9. The Bertz CT molecular complexity index is 842. The minimum Gasteiger partial charge on any atom is -0.356 e. The van der Waals surface area contributed by atoms with Crippen LogP contribution in [0, 0.1) is 24.2 Å². The van der Waals surface area contributed by atoms with Crippen molar-refractivity contribution in [2.24, 2.45) is 5.92 Å². The fourth-order valence-corrected chi connectivity index (χ4v) is 3.45. The number of aryl methyl sites for hydroxylation is 1. The Hall–Kier alpha value is -2.67. The van der Waals surface area contributed by atoms with Crippen molar-refractivity contribution >= 4 is 11.9 Å². The van der Waals surface area contributed by atoms with E-state index >= 15 is 0 Å². The Labute approximate surface area is 210 Å². The lowest BCUT2D eigenvalue weighted by atomic mass is 9.97. The maximum Gasteiger partial charge on any atom is 0.139 e. The minimum atomic E-state index is 0.539. The van der Waals surface area contributed by atoms with Crippen LogP contribution in [0.3, 0.4) is 0 Å². The summed E-state index contributed by atoms with van der Waals surface area (Å²) in [5.41, 5.74) is 4.13. The van der Waals surface area contributed by atoms with Gasteiger partial charge in [-0.15, -0.1) is 0 Å². The van der Waals surface area contributed by atoms with Gasteiger partial charge in [-0.05, 0) is 57.9 Å². The summed E-state index contributed by atoms with van der Waals surface area (Å²) in [5.74, 6) is 1.86. The number of rotatable bonds is 13. The molecule has 1 heterocycles. The molecule has 4 nitrogen and oxygen atoms in total. The zero-order valence-corrected chi connectivity index (χ0v) is 23.1. The van der Waals surface area contributed by atoms with Gasteiger partial charge in [-0.3, -0.25) is 0 Å². The van der Waals surface area contributed by atoms with Gasteiger partial charge in [0.25, 0.3) is 0 Å². The van der Waals surface area contributed by atoms with Crippen LogP contribution >= 0.6 is 0 Å². The van der Waals surface area contributed by atoms with Gasteiger partial charge in [0.15, 0.2) is 0 Å². The van der Waals surface area contributed by atoms with Gasteiger partial charge in [0.1, 0.15) is 12.1 Å². The van der Waals surface area contributed by atoms with Crippen molar-refractivity contribution in [2.75, 3.05) is 11.9 Å². The van der Waals surface area contributed by atoms with E-state index in [1.165, 1.54) is 19.3 Å². The summed E-state index contributed by atoms with van der Waals surface area (Å²) in [6, 6.07) is 2.70. The van der Waals surface area contributed by atoms with Crippen molar-refractivity contribution in [3.8, 4) is 6.07 Å². The Morgan fingerprint density at radius 3 is 2.38 bits per heavy atom. The van der Waals surface area contributed by atoms with Crippen molar-refractivity contribution < 1.29 is 0 Å². The van der Waals surface area contributed by atoms with E-state index in [4.69, 9.17) is 5.26 Å². The predicted octanol–water partition coefficient (Wildman–Crippen LogP) is 8.62. The van der Waals surface area contributed by atoms with Crippen molar-refractivity contribution in [3.63, 3.8) is 0 Å². The molecule has 0 amide bonds. The molecule has 0 bridgehead atoms. The van der Waals surface area contributed by atoms with E-state index in [0.717, 1.165) is 59.8 Å². The molecule has 4 heteroatoms. The second-order valence-corrected chi connectivity index (χ2v) is 8.94. The van der Waals surface area contributed by atoms with Crippen LogP contribution < -0.4 is 4.90 Å². The predicted molar refractivity (Wildman–Crippen MR) is 150 cm³/mol. The third-order valence-corrected chi connectivity index (χ3v) is 6.16. The number of anilines is 1. The molecule has 0 aromatic carbocycles. The van der Waals surface area contributed by atoms with Gasteiger partial charge >= 0.3 is 0 Å². The Kier molecular flexibility index (Phi) is 17.3. The van der Waals surface area contributed by atoms with Crippen molar-refractivity contribution in [2.45, 2.75) is 99.5 Å². The highest BCUT2D eigenvalue weighted by molar-refractivity contribution is 5.65. The molecule has 1 aromatic rings. The molecule has 188 valence electrons. The molecule has 0 fully saturated rings. The fraction of sp³-hybridized carbons (Fsp3) is 0.567. The average molecular weight is 465 g/mol. The fourth-order valence-electron chi connectivity index (χ4n) is 3.45. The van der Waals surface area contributed by atoms with Crippen LogP contribution in [0.1, 0.15) is 97.7 Å². The topological polar surface area (TPSA) is 52.8 Å². The summed E-state index contributed by atoms with van der Waals surface area (Å²) < 4.78 is 0. The standard InChI is InChI=1S/C19H33N3.C11H15N/c1-7-10-11-18-16(5)20-14-21-19(18)22(6)17(9-3)13-12-15(4)8-2;1-4-6-11(9-12)8-7-10(3)5-2/h10-11,14-15,17H,7-9,12-13H2,1-6H3;5,7-8H,2,4,6H2,1,3H3/b11-10-;10-7-,11-8+. The highest BCUT2D eigenvalue weighted by atomic mass is 15.2. The number of nitriles is 1. The molecule has 0 aliphatic heterocycles. The van der Waals surface area contributed by atoms with Crippen LogP contribution in [0.4, 0.5) is 5.82 Å². The summed E-state index contributed by atoms with van der Waals surface area (Å²) in [5, 5.41) is 8.67. The largest absolute Gasteiger partial charge is 0.356 e. The van der Waals surface area contributed by atoms with Crippen LogP contribution in [0.2, 0.25) is 0 Å². The molecule has 0 aliphatic rings. The van der Waals surface area contributed by atoms with E-state index < -0.39 is 0 Å². The Balaban J connectivity index is 0.000000770. The number of allylic oxidation sites excluding steroid dienone is 6. The maximum atomic E-state index is 8.67. The first-order chi connectivity index (χ1) is 16.3. The van der Waals surface area contributed by atoms with Crippen LogP contribution in [0.5, 0.6) is 0 Å². The summed E-state index contributed by atoms with van der Waals surface area (Å²) in [6.45, 7) is 18.8. The third-order valence-electron chi connectivity index (χ3n) is 6.16. The van der Waals surface area contributed by atoms with Gasteiger partial charge in [0.05, 0.1) is 11.8 Å². The second kappa shape index (κ2) is 18.7. The lowest BCUT2D eigenvalue weighted by molar-refractivity contribution is 0.442. The first-order valence-electron chi connectivity index (χ1n) is 12.9. The van der Waals surface area contributed by atoms with E-state index in [1.807, 2.05) is 19.1 Å². The van der Waals surface area contributed by atoms with Crippen LogP contribution in [-0.2, 0) is 0 Å². The molecule has 0 saturated heterocycles. The lowest BCUT2D eigenvalue weighted by Crippen LogP contribution is -2.33. The highest BCUT2D eigenvalue weighted by Gasteiger charge is 2.18. The Morgan fingerprint density at radius 2 is 1.85 bits per heavy atom. The van der Waals surface area contributed by atoms with E-state index in [-0.39, 0.29) is 0 Å². The molecule has 0 aliphatic carbocycles. The zero-order valence-electron chi connectivity index (χ0n) is 23.1. The molecule has 2 atom stereocenters.